The molecule has 2 aromatic rings. The van der Waals surface area contributed by atoms with Gasteiger partial charge in [-0.2, -0.15) is 0 Å². The molecule has 1 saturated heterocycles. The molecule has 0 radical (unpaired) electrons. The molecule has 2 aromatic carbocycles. The van der Waals surface area contributed by atoms with E-state index in [-0.39, 0.29) is 36.9 Å². The van der Waals surface area contributed by atoms with Crippen molar-refractivity contribution < 1.29 is 28.8 Å². The van der Waals surface area contributed by atoms with Gasteiger partial charge in [0.2, 0.25) is 5.91 Å². The largest absolute Gasteiger partial charge is 0.462 e. The van der Waals surface area contributed by atoms with Gasteiger partial charge >= 0.3 is 5.97 Å². The lowest BCUT2D eigenvalue weighted by molar-refractivity contribution is -0.384. The zero-order valence-corrected chi connectivity index (χ0v) is 20.0. The molecule has 0 bridgehead atoms. The molecule has 0 unspecified atom stereocenters. The molecule has 1 aliphatic rings. The minimum atomic E-state index is -0.774. The summed E-state index contributed by atoms with van der Waals surface area (Å²) in [6, 6.07) is 8.94. The molecule has 1 N–H and O–H groups in total. The molecule has 0 saturated carbocycles. The number of carbonyl (C=O) groups is 3. The first-order valence-electron chi connectivity index (χ1n) is 11.4. The van der Waals surface area contributed by atoms with Crippen LogP contribution in [0.1, 0.15) is 51.6 Å². The number of nitro groups is 1. The number of hydrogen-bond acceptors (Lipinski definition) is 7. The predicted octanol–water partition coefficient (Wildman–Crippen LogP) is 3.65. The standard InChI is InChI=1S/C25H29N3O7/c1-4-34-25(31)19-11-18(12-20(13-19)28(32)33)24(30)27(14-21-8-6-10-35-21)15-23(29)26-22-9-5-7-16(2)17(22)3/h5,7,9,11-13,21H,4,6,8,10,14-15H2,1-3H3,(H,26,29)/t21-/m0/s1. The van der Waals surface area contributed by atoms with Gasteiger partial charge in [0.25, 0.3) is 11.6 Å². The van der Waals surface area contributed by atoms with E-state index in [0.717, 1.165) is 36.1 Å². The Balaban J connectivity index is 1.89. The van der Waals surface area contributed by atoms with Crippen molar-refractivity contribution in [1.29, 1.82) is 0 Å². The predicted molar refractivity (Wildman–Crippen MR) is 128 cm³/mol. The van der Waals surface area contributed by atoms with Crippen LogP contribution >= 0.6 is 0 Å². The fraction of sp³-hybridized carbons (Fsp3) is 0.400. The van der Waals surface area contributed by atoms with Crippen LogP contribution in [0.2, 0.25) is 0 Å². The van der Waals surface area contributed by atoms with Crippen LogP contribution in [0.15, 0.2) is 36.4 Å². The van der Waals surface area contributed by atoms with Crippen LogP contribution < -0.4 is 5.32 Å². The number of aryl methyl sites for hydroxylation is 1. The van der Waals surface area contributed by atoms with Crippen LogP contribution in [-0.4, -0.2) is 60.0 Å². The third-order valence-electron chi connectivity index (χ3n) is 5.84. The number of carbonyl (C=O) groups excluding carboxylic acids is 3. The lowest BCUT2D eigenvalue weighted by atomic mass is 10.1. The summed E-state index contributed by atoms with van der Waals surface area (Å²) in [6.07, 6.45) is 1.31. The molecule has 0 aromatic heterocycles. The quantitative estimate of drug-likeness (QED) is 0.327. The Labute approximate surface area is 203 Å². The number of anilines is 1. The van der Waals surface area contributed by atoms with Crippen LogP contribution in [0.3, 0.4) is 0 Å². The number of nitro benzene ring substituents is 1. The molecule has 10 nitrogen and oxygen atoms in total. The zero-order valence-electron chi connectivity index (χ0n) is 20.0. The van der Waals surface area contributed by atoms with Gasteiger partial charge in [-0.3, -0.25) is 19.7 Å². The van der Waals surface area contributed by atoms with Crippen molar-refractivity contribution in [3.63, 3.8) is 0 Å². The van der Waals surface area contributed by atoms with Crippen molar-refractivity contribution in [3.8, 4) is 0 Å². The van der Waals surface area contributed by atoms with Crippen LogP contribution in [0, 0.1) is 24.0 Å². The van der Waals surface area contributed by atoms with E-state index < -0.39 is 28.4 Å². The highest BCUT2D eigenvalue weighted by molar-refractivity contribution is 6.02. The molecule has 1 heterocycles. The molecule has 1 aliphatic heterocycles. The van der Waals surface area contributed by atoms with Gasteiger partial charge in [0, 0.05) is 36.5 Å². The number of hydrogen-bond donors (Lipinski definition) is 1. The molecular formula is C25H29N3O7. The first-order valence-corrected chi connectivity index (χ1v) is 11.4. The maximum Gasteiger partial charge on any atom is 0.338 e. The van der Waals surface area contributed by atoms with Crippen molar-refractivity contribution >= 4 is 29.2 Å². The first-order chi connectivity index (χ1) is 16.7. The van der Waals surface area contributed by atoms with E-state index in [0.29, 0.717) is 12.3 Å². The van der Waals surface area contributed by atoms with Crippen LogP contribution in [-0.2, 0) is 14.3 Å². The summed E-state index contributed by atoms with van der Waals surface area (Å²) >= 11 is 0. The maximum atomic E-state index is 13.5. The Kier molecular flexibility index (Phi) is 8.53. The fourth-order valence-corrected chi connectivity index (χ4v) is 3.86. The monoisotopic (exact) mass is 483 g/mol. The normalized spacial score (nSPS) is 14.9. The van der Waals surface area contributed by atoms with E-state index in [1.54, 1.807) is 13.0 Å². The minimum absolute atomic E-state index is 0.0779. The van der Waals surface area contributed by atoms with E-state index in [1.165, 1.54) is 11.0 Å². The van der Waals surface area contributed by atoms with E-state index >= 15 is 0 Å². The van der Waals surface area contributed by atoms with Gasteiger partial charge in [0.15, 0.2) is 0 Å². The van der Waals surface area contributed by atoms with Gasteiger partial charge in [-0.05, 0) is 56.9 Å². The van der Waals surface area contributed by atoms with Crippen LogP contribution in [0.5, 0.6) is 0 Å². The average Bonchev–Trinajstić information content (AvgIpc) is 3.34. The van der Waals surface area contributed by atoms with Crippen molar-refractivity contribution in [2.75, 3.05) is 31.6 Å². The highest BCUT2D eigenvalue weighted by Gasteiger charge is 2.27. The molecule has 0 aliphatic carbocycles. The number of amides is 2. The summed E-state index contributed by atoms with van der Waals surface area (Å²) < 4.78 is 10.6. The van der Waals surface area contributed by atoms with Gasteiger partial charge < -0.3 is 19.7 Å². The fourth-order valence-electron chi connectivity index (χ4n) is 3.86. The second-order valence-corrected chi connectivity index (χ2v) is 8.36. The van der Waals surface area contributed by atoms with Gasteiger partial charge in [-0.1, -0.05) is 12.1 Å². The lowest BCUT2D eigenvalue weighted by Gasteiger charge is -2.25. The summed E-state index contributed by atoms with van der Waals surface area (Å²) in [7, 11) is 0. The Hall–Kier alpha value is -3.79. The Morgan fingerprint density at radius 1 is 1.20 bits per heavy atom. The number of non-ortho nitro benzene ring substituents is 1. The first kappa shape index (κ1) is 25.8. The van der Waals surface area contributed by atoms with Gasteiger partial charge in [0.1, 0.15) is 6.54 Å². The summed E-state index contributed by atoms with van der Waals surface area (Å²) in [5.41, 5.74) is 1.95. The number of benzene rings is 2. The van der Waals surface area contributed by atoms with Crippen LogP contribution in [0.25, 0.3) is 0 Å². The smallest absolute Gasteiger partial charge is 0.338 e. The minimum Gasteiger partial charge on any atom is -0.462 e. The molecule has 35 heavy (non-hydrogen) atoms. The summed E-state index contributed by atoms with van der Waals surface area (Å²) in [5.74, 6) is -1.81. The average molecular weight is 484 g/mol. The van der Waals surface area contributed by atoms with Gasteiger partial charge in [0.05, 0.1) is 23.2 Å². The van der Waals surface area contributed by atoms with Crippen molar-refractivity contribution in [1.82, 2.24) is 4.90 Å². The second-order valence-electron chi connectivity index (χ2n) is 8.36. The maximum absolute atomic E-state index is 13.5. The molecule has 1 fully saturated rings. The molecule has 0 spiro atoms. The summed E-state index contributed by atoms with van der Waals surface area (Å²) in [6.45, 7) is 5.92. The van der Waals surface area contributed by atoms with Crippen molar-refractivity contribution in [2.45, 2.75) is 39.7 Å². The Morgan fingerprint density at radius 3 is 2.60 bits per heavy atom. The molecule has 10 heteroatoms. The highest BCUT2D eigenvalue weighted by atomic mass is 16.6. The number of rotatable bonds is 9. The SMILES string of the molecule is CCOC(=O)c1cc(C(=O)N(CC(=O)Nc2cccc(C)c2C)C[C@@H]2CCCO2)cc([N+](=O)[O-])c1. The number of nitrogens with one attached hydrogen (secondary N) is 1. The number of ether oxygens (including phenoxy) is 2. The lowest BCUT2D eigenvalue weighted by Crippen LogP contribution is -2.42. The second kappa shape index (κ2) is 11.6. The molecule has 186 valence electrons. The van der Waals surface area contributed by atoms with E-state index in [4.69, 9.17) is 9.47 Å². The van der Waals surface area contributed by atoms with Gasteiger partial charge in [-0.15, -0.1) is 0 Å². The van der Waals surface area contributed by atoms with Crippen molar-refractivity contribution in [3.05, 3.63) is 68.8 Å². The van der Waals surface area contributed by atoms with Crippen LogP contribution in [0.4, 0.5) is 11.4 Å². The van der Waals surface area contributed by atoms with Gasteiger partial charge in [-0.25, -0.2) is 4.79 Å². The number of nitrogens with zero attached hydrogens (tertiary/aromatic N) is 2. The molecule has 1 atom stereocenters. The van der Waals surface area contributed by atoms with Crippen molar-refractivity contribution in [2.24, 2.45) is 0 Å². The molecule has 2 amide bonds. The Morgan fingerprint density at radius 2 is 1.94 bits per heavy atom. The Bertz CT molecular complexity index is 1130. The zero-order chi connectivity index (χ0) is 25.5. The summed E-state index contributed by atoms with van der Waals surface area (Å²) in [5, 5.41) is 14.3. The van der Waals surface area contributed by atoms with E-state index in [1.807, 2.05) is 26.0 Å². The highest BCUT2D eigenvalue weighted by Crippen LogP contribution is 2.22. The third-order valence-corrected chi connectivity index (χ3v) is 5.84. The van der Waals surface area contributed by atoms with E-state index in [9.17, 15) is 24.5 Å². The van der Waals surface area contributed by atoms with E-state index in [2.05, 4.69) is 5.32 Å². The topological polar surface area (TPSA) is 128 Å². The number of esters is 1. The molecular weight excluding hydrogens is 454 g/mol. The molecule has 3 rings (SSSR count). The third kappa shape index (κ3) is 6.63. The summed E-state index contributed by atoms with van der Waals surface area (Å²) in [4.78, 5) is 50.7.